The number of carbonyl (C=O) groups is 2. The maximum atomic E-state index is 13.5. The number of amides is 2. The molecule has 0 aliphatic heterocycles. The fourth-order valence-electron chi connectivity index (χ4n) is 4.37. The predicted octanol–water partition coefficient (Wildman–Crippen LogP) is 2.53. The Hall–Kier alpha value is -2.74. The summed E-state index contributed by atoms with van der Waals surface area (Å²) in [6.07, 6.45) is -0.730. The number of aliphatic hydroxyl groups excluding tert-OH is 3. The van der Waals surface area contributed by atoms with Gasteiger partial charge in [-0.05, 0) is 64.1 Å². The van der Waals surface area contributed by atoms with Crippen LogP contribution in [0.15, 0.2) is 48.0 Å². The number of hydrogen-bond acceptors (Lipinski definition) is 7. The van der Waals surface area contributed by atoms with Gasteiger partial charge in [-0.1, -0.05) is 26.0 Å². The van der Waals surface area contributed by atoms with E-state index in [-0.39, 0.29) is 44.2 Å². The van der Waals surface area contributed by atoms with Gasteiger partial charge in [0.25, 0.3) is 0 Å². The van der Waals surface area contributed by atoms with Crippen LogP contribution >= 0.6 is 22.6 Å². The van der Waals surface area contributed by atoms with E-state index >= 15 is 0 Å². The van der Waals surface area contributed by atoms with E-state index in [1.807, 2.05) is 22.6 Å². The number of benzene rings is 2. The molecule has 2 amide bonds. The molecule has 0 radical (unpaired) electrons. The normalized spacial score (nSPS) is 18.9. The monoisotopic (exact) mass is 656 g/mol. The number of rotatable bonds is 11. The highest BCUT2D eigenvalue weighted by molar-refractivity contribution is 14.1. The summed E-state index contributed by atoms with van der Waals surface area (Å²) in [4.78, 5) is 27.9. The third-order valence-corrected chi connectivity index (χ3v) is 7.18. The van der Waals surface area contributed by atoms with Gasteiger partial charge >= 0.3 is 0 Å². The van der Waals surface area contributed by atoms with Crippen molar-refractivity contribution in [3.63, 3.8) is 0 Å². The second kappa shape index (κ2) is 14.1. The fourth-order valence-corrected chi connectivity index (χ4v) is 5.16. The average molecular weight is 656 g/mol. The maximum absolute atomic E-state index is 13.5. The summed E-state index contributed by atoms with van der Waals surface area (Å²) in [5.41, 5.74) is 1.55. The van der Waals surface area contributed by atoms with Crippen molar-refractivity contribution in [3.05, 3.63) is 68.6 Å². The Balaban J connectivity index is 2.04. The molecule has 1 aliphatic carbocycles. The smallest absolute Gasteiger partial charge is 0.247 e. The molecule has 3 atom stereocenters. The van der Waals surface area contributed by atoms with Gasteiger partial charge in [-0.25, -0.2) is 4.39 Å². The molecule has 0 saturated heterocycles. The number of halogens is 2. The SMILES string of the molecule is COc1cc(CO)cc(I)c1O[C@H]1C=C(C(=O)NCCO)C[C@@H](N(Cc2ccc(F)cc2)C(=O)C(C)C)[C@@H]1O. The van der Waals surface area contributed by atoms with Crippen molar-refractivity contribution in [3.8, 4) is 11.5 Å². The molecule has 0 unspecified atom stereocenters. The minimum atomic E-state index is -1.24. The highest BCUT2D eigenvalue weighted by Gasteiger charge is 2.41. The Labute approximate surface area is 240 Å². The van der Waals surface area contributed by atoms with Crippen LogP contribution in [0.1, 0.15) is 31.4 Å². The van der Waals surface area contributed by atoms with E-state index in [4.69, 9.17) is 9.47 Å². The van der Waals surface area contributed by atoms with Crippen LogP contribution in [0.25, 0.3) is 0 Å². The molecule has 0 aromatic heterocycles. The van der Waals surface area contributed by atoms with Crippen LogP contribution in [-0.2, 0) is 22.7 Å². The van der Waals surface area contributed by atoms with Crippen LogP contribution in [-0.4, -0.2) is 70.5 Å². The summed E-state index contributed by atoms with van der Waals surface area (Å²) in [7, 11) is 1.45. The summed E-state index contributed by atoms with van der Waals surface area (Å²) in [5.74, 6) is -0.882. The molecule has 1 aliphatic rings. The van der Waals surface area contributed by atoms with Gasteiger partial charge in [0.1, 0.15) is 18.0 Å². The van der Waals surface area contributed by atoms with Crippen LogP contribution in [0.2, 0.25) is 0 Å². The molecule has 39 heavy (non-hydrogen) atoms. The molecule has 0 bridgehead atoms. The van der Waals surface area contributed by atoms with Crippen LogP contribution in [0.3, 0.4) is 0 Å². The number of nitrogens with one attached hydrogen (secondary N) is 1. The second-order valence-electron chi connectivity index (χ2n) is 9.53. The lowest BCUT2D eigenvalue weighted by molar-refractivity contribution is -0.142. The molecule has 0 saturated carbocycles. The quantitative estimate of drug-likeness (QED) is 0.274. The molecule has 212 valence electrons. The zero-order valence-corrected chi connectivity index (χ0v) is 24.2. The van der Waals surface area contributed by atoms with E-state index in [1.165, 1.54) is 30.2 Å². The lowest BCUT2D eigenvalue weighted by atomic mass is 9.87. The van der Waals surface area contributed by atoms with Gasteiger partial charge in [0, 0.05) is 31.0 Å². The number of nitrogens with zero attached hydrogens (tertiary/aromatic N) is 1. The number of methoxy groups -OCH3 is 1. The summed E-state index contributed by atoms with van der Waals surface area (Å²) in [6.45, 7) is 3.15. The van der Waals surface area contributed by atoms with Crippen LogP contribution < -0.4 is 14.8 Å². The molecule has 4 N–H and O–H groups in total. The summed E-state index contributed by atoms with van der Waals surface area (Å²) >= 11 is 2.03. The molecule has 0 spiro atoms. The number of aliphatic hydroxyl groups is 3. The zero-order valence-electron chi connectivity index (χ0n) is 22.1. The molecule has 2 aromatic carbocycles. The Morgan fingerprint density at radius 3 is 2.46 bits per heavy atom. The molecule has 0 fully saturated rings. The van der Waals surface area contributed by atoms with Crippen LogP contribution in [0, 0.1) is 15.3 Å². The number of ether oxygens (including phenoxy) is 2. The maximum Gasteiger partial charge on any atom is 0.247 e. The van der Waals surface area contributed by atoms with Crippen molar-refractivity contribution in [2.24, 2.45) is 5.92 Å². The molecule has 0 heterocycles. The average Bonchev–Trinajstić information content (AvgIpc) is 2.92. The van der Waals surface area contributed by atoms with E-state index in [9.17, 15) is 29.3 Å². The first-order valence-corrected chi connectivity index (χ1v) is 13.6. The summed E-state index contributed by atoms with van der Waals surface area (Å²) < 4.78 is 25.8. The van der Waals surface area contributed by atoms with Gasteiger partial charge in [-0.15, -0.1) is 0 Å². The lowest BCUT2D eigenvalue weighted by Crippen LogP contribution is -2.55. The van der Waals surface area contributed by atoms with Crippen molar-refractivity contribution in [1.82, 2.24) is 10.2 Å². The molecular weight excluding hydrogens is 622 g/mol. The van der Waals surface area contributed by atoms with Crippen molar-refractivity contribution in [2.75, 3.05) is 20.3 Å². The first-order valence-electron chi connectivity index (χ1n) is 12.6. The molecule has 11 heteroatoms. The van der Waals surface area contributed by atoms with Crippen molar-refractivity contribution >= 4 is 34.4 Å². The van der Waals surface area contributed by atoms with Crippen molar-refractivity contribution in [2.45, 2.75) is 51.7 Å². The summed E-state index contributed by atoms with van der Waals surface area (Å²) in [6, 6.07) is 8.22. The Morgan fingerprint density at radius 1 is 1.18 bits per heavy atom. The molecule has 9 nitrogen and oxygen atoms in total. The van der Waals surface area contributed by atoms with E-state index in [0.717, 1.165) is 0 Å². The number of hydrogen-bond donors (Lipinski definition) is 4. The van der Waals surface area contributed by atoms with Gasteiger partial charge in [0.15, 0.2) is 11.5 Å². The Morgan fingerprint density at radius 2 is 1.87 bits per heavy atom. The predicted molar refractivity (Wildman–Crippen MR) is 150 cm³/mol. The third kappa shape index (κ3) is 7.68. The first kappa shape index (κ1) is 30.8. The van der Waals surface area contributed by atoms with Gasteiger partial charge in [0.2, 0.25) is 11.8 Å². The molecule has 3 rings (SSSR count). The van der Waals surface area contributed by atoms with Gasteiger partial charge < -0.3 is 35.0 Å². The van der Waals surface area contributed by atoms with Crippen molar-refractivity contribution < 1.29 is 38.8 Å². The Bertz CT molecular complexity index is 1190. The minimum Gasteiger partial charge on any atom is -0.493 e. The van der Waals surface area contributed by atoms with Gasteiger partial charge in [-0.3, -0.25) is 9.59 Å². The van der Waals surface area contributed by atoms with Crippen molar-refractivity contribution in [1.29, 1.82) is 0 Å². The zero-order chi connectivity index (χ0) is 28.7. The Kier molecular flexibility index (Phi) is 11.1. The second-order valence-corrected chi connectivity index (χ2v) is 10.7. The first-order chi connectivity index (χ1) is 18.6. The van der Waals surface area contributed by atoms with Crippen LogP contribution in [0.4, 0.5) is 4.39 Å². The van der Waals surface area contributed by atoms with Gasteiger partial charge in [0.05, 0.1) is 29.9 Å². The third-order valence-electron chi connectivity index (χ3n) is 6.38. The van der Waals surface area contributed by atoms with Crippen LogP contribution in [0.5, 0.6) is 11.5 Å². The molecular formula is C28H34FIN2O7. The number of carbonyl (C=O) groups excluding carboxylic acids is 2. The molecule has 2 aromatic rings. The topological polar surface area (TPSA) is 129 Å². The van der Waals surface area contributed by atoms with E-state index in [1.54, 1.807) is 38.1 Å². The highest BCUT2D eigenvalue weighted by atomic mass is 127. The lowest BCUT2D eigenvalue weighted by Gasteiger charge is -2.41. The van der Waals surface area contributed by atoms with E-state index in [2.05, 4.69) is 5.32 Å². The standard InChI is InChI=1S/C28H34FIN2O7/c1-16(2)28(37)32(14-17-4-6-20(29)7-5-17)22-12-19(27(36)31-8-9-33)13-23(25(22)35)39-26-21(30)10-18(15-34)11-24(26)38-3/h4-7,10-11,13,16,22-23,25,33-35H,8-9,12,14-15H2,1-3H3,(H,31,36)/t22-,23+,25+/m1/s1. The minimum absolute atomic E-state index is 0.0352. The largest absolute Gasteiger partial charge is 0.493 e. The highest BCUT2D eigenvalue weighted by Crippen LogP contribution is 2.37. The fraction of sp³-hybridized carbons (Fsp3) is 0.429. The van der Waals surface area contributed by atoms with E-state index < -0.39 is 35.9 Å². The summed E-state index contributed by atoms with van der Waals surface area (Å²) in [5, 5.41) is 32.9. The van der Waals surface area contributed by atoms with E-state index in [0.29, 0.717) is 26.2 Å². The van der Waals surface area contributed by atoms with Gasteiger partial charge in [-0.2, -0.15) is 0 Å².